The van der Waals surface area contributed by atoms with Crippen LogP contribution in [0.15, 0.2) is 0 Å². The minimum absolute atomic E-state index is 0.0565. The topological polar surface area (TPSA) is 27.7 Å². The van der Waals surface area contributed by atoms with Gasteiger partial charge in [-0.05, 0) is 52.1 Å². The Hall–Kier alpha value is -0.126. The molecule has 0 radical (unpaired) electrons. The minimum atomic E-state index is -1.57. The van der Waals surface area contributed by atoms with Gasteiger partial charge in [0, 0.05) is 13.0 Å². The number of hydrogen-bond acceptors (Lipinski definition) is 3. The molecule has 1 atom stereocenters. The number of rotatable bonds is 11. The first kappa shape index (κ1) is 19.9. The second kappa shape index (κ2) is 9.75. The van der Waals surface area contributed by atoms with E-state index in [2.05, 4.69) is 45.2 Å². The van der Waals surface area contributed by atoms with Crippen LogP contribution in [0.25, 0.3) is 0 Å². The van der Waals surface area contributed by atoms with E-state index in [4.69, 9.17) is 20.0 Å². The summed E-state index contributed by atoms with van der Waals surface area (Å²) in [6.07, 6.45) is 8.15. The van der Waals surface area contributed by atoms with Crippen molar-refractivity contribution >= 4 is 16.6 Å². The Morgan fingerprint density at radius 1 is 0.950 bits per heavy atom. The number of unbranched alkanes of at least 4 members (excludes halogenated alkanes) is 2. The van der Waals surface area contributed by atoms with Gasteiger partial charge in [-0.2, -0.15) is 0 Å². The Labute approximate surface area is 127 Å². The third kappa shape index (κ3) is 14.3. The lowest BCUT2D eigenvalue weighted by Crippen LogP contribution is -2.40. The molecule has 0 aromatic rings. The molecule has 0 aliphatic rings. The van der Waals surface area contributed by atoms with Crippen LogP contribution in [0.4, 0.5) is 0 Å². The van der Waals surface area contributed by atoms with Crippen LogP contribution in [-0.2, 0) is 13.6 Å². The van der Waals surface area contributed by atoms with Gasteiger partial charge in [0.25, 0.3) is 0 Å². The molecular weight excluding hydrogens is 284 g/mol. The van der Waals surface area contributed by atoms with Gasteiger partial charge >= 0.3 is 0 Å². The van der Waals surface area contributed by atoms with Crippen LogP contribution in [0.2, 0.25) is 39.3 Å². The van der Waals surface area contributed by atoms with Gasteiger partial charge in [0.1, 0.15) is 0 Å². The zero-order chi connectivity index (χ0) is 15.6. The minimum Gasteiger partial charge on any atom is -0.415 e. The second-order valence-electron chi connectivity index (χ2n) is 7.01. The summed E-state index contributed by atoms with van der Waals surface area (Å²) in [6, 6.07) is 0. The van der Waals surface area contributed by atoms with E-state index in [9.17, 15) is 0 Å². The van der Waals surface area contributed by atoms with Gasteiger partial charge < -0.3 is 13.6 Å². The van der Waals surface area contributed by atoms with Crippen LogP contribution < -0.4 is 0 Å². The molecule has 5 heteroatoms. The summed E-state index contributed by atoms with van der Waals surface area (Å²) in [5, 5.41) is 0. The molecule has 0 spiro atoms. The van der Waals surface area contributed by atoms with Gasteiger partial charge in [-0.25, -0.2) is 0 Å². The molecule has 0 N–H and O–H groups in total. The third-order valence-electron chi connectivity index (χ3n) is 2.39. The Morgan fingerprint density at radius 3 is 2.10 bits per heavy atom. The van der Waals surface area contributed by atoms with Crippen LogP contribution in [0.1, 0.15) is 19.3 Å². The SMILES string of the molecule is C#CCCCCOCC(CO[Si](C)(C)C)O[Si](C)(C)C. The fourth-order valence-corrected chi connectivity index (χ4v) is 3.43. The maximum absolute atomic E-state index is 6.14. The summed E-state index contributed by atoms with van der Waals surface area (Å²) >= 11 is 0. The summed E-state index contributed by atoms with van der Waals surface area (Å²) in [4.78, 5) is 0. The maximum Gasteiger partial charge on any atom is 0.184 e. The molecule has 0 saturated carbocycles. The van der Waals surface area contributed by atoms with E-state index in [0.717, 1.165) is 25.9 Å². The van der Waals surface area contributed by atoms with Crippen LogP contribution in [0.3, 0.4) is 0 Å². The predicted octanol–water partition coefficient (Wildman–Crippen LogP) is 3.88. The lowest BCUT2D eigenvalue weighted by Gasteiger charge is -2.29. The fraction of sp³-hybridized carbons (Fsp3) is 0.867. The van der Waals surface area contributed by atoms with E-state index in [1.165, 1.54) is 0 Å². The molecule has 0 aliphatic heterocycles. The van der Waals surface area contributed by atoms with Crippen molar-refractivity contribution in [1.29, 1.82) is 0 Å². The van der Waals surface area contributed by atoms with Crippen LogP contribution in [0, 0.1) is 12.3 Å². The van der Waals surface area contributed by atoms with Crippen molar-refractivity contribution in [3.8, 4) is 12.3 Å². The highest BCUT2D eigenvalue weighted by atomic mass is 28.4. The molecule has 0 aliphatic carbocycles. The van der Waals surface area contributed by atoms with Crippen molar-refractivity contribution in [2.75, 3.05) is 19.8 Å². The molecule has 0 aromatic carbocycles. The van der Waals surface area contributed by atoms with Gasteiger partial charge in [0.05, 0.1) is 19.3 Å². The van der Waals surface area contributed by atoms with E-state index in [1.54, 1.807) is 0 Å². The summed E-state index contributed by atoms with van der Waals surface area (Å²) in [7, 11) is -3.07. The van der Waals surface area contributed by atoms with Gasteiger partial charge in [-0.1, -0.05) is 0 Å². The summed E-state index contributed by atoms with van der Waals surface area (Å²) in [5.74, 6) is 2.65. The first-order valence-corrected chi connectivity index (χ1v) is 14.3. The van der Waals surface area contributed by atoms with E-state index < -0.39 is 16.6 Å². The van der Waals surface area contributed by atoms with Gasteiger partial charge in [-0.3, -0.25) is 0 Å². The van der Waals surface area contributed by atoms with Gasteiger partial charge in [0.15, 0.2) is 16.6 Å². The van der Waals surface area contributed by atoms with Gasteiger partial charge in [-0.15, -0.1) is 12.3 Å². The molecule has 0 saturated heterocycles. The van der Waals surface area contributed by atoms with E-state index >= 15 is 0 Å². The monoisotopic (exact) mass is 316 g/mol. The van der Waals surface area contributed by atoms with E-state index in [0.29, 0.717) is 13.2 Å². The second-order valence-corrected chi connectivity index (χ2v) is 16.0. The molecule has 0 bridgehead atoms. The molecule has 1 unspecified atom stereocenters. The normalized spacial score (nSPS) is 14.1. The number of terminal acetylenes is 1. The first-order chi connectivity index (χ1) is 9.14. The van der Waals surface area contributed by atoms with E-state index in [-0.39, 0.29) is 6.10 Å². The molecule has 0 aromatic heterocycles. The Morgan fingerprint density at radius 2 is 1.60 bits per heavy atom. The van der Waals surface area contributed by atoms with Crippen molar-refractivity contribution in [2.45, 2.75) is 64.6 Å². The average molecular weight is 317 g/mol. The molecule has 118 valence electrons. The standard InChI is InChI=1S/C15H32O3Si2/c1-8-9-10-11-12-16-13-15(18-20(5,6)7)14-17-19(2,3)4/h1,15H,9-14H2,2-7H3. The summed E-state index contributed by atoms with van der Waals surface area (Å²) in [6.45, 7) is 15.2. The molecule has 3 nitrogen and oxygen atoms in total. The van der Waals surface area contributed by atoms with Crippen molar-refractivity contribution in [2.24, 2.45) is 0 Å². The molecule has 0 heterocycles. The molecule has 0 amide bonds. The Bertz CT molecular complexity index is 287. The zero-order valence-corrected chi connectivity index (χ0v) is 16.1. The predicted molar refractivity (Wildman–Crippen MR) is 91.0 cm³/mol. The lowest BCUT2D eigenvalue weighted by atomic mass is 10.2. The fourth-order valence-electron chi connectivity index (χ4n) is 1.61. The highest BCUT2D eigenvalue weighted by Crippen LogP contribution is 2.11. The quantitative estimate of drug-likeness (QED) is 0.329. The Kier molecular flexibility index (Phi) is 9.68. The highest BCUT2D eigenvalue weighted by Gasteiger charge is 2.24. The number of hydrogen-bond donors (Lipinski definition) is 0. The molecular formula is C15H32O3Si2. The van der Waals surface area contributed by atoms with Crippen molar-refractivity contribution in [3.63, 3.8) is 0 Å². The van der Waals surface area contributed by atoms with Crippen LogP contribution in [-0.4, -0.2) is 42.6 Å². The van der Waals surface area contributed by atoms with Crippen LogP contribution >= 0.6 is 0 Å². The highest BCUT2D eigenvalue weighted by molar-refractivity contribution is 6.70. The largest absolute Gasteiger partial charge is 0.415 e. The molecule has 0 fully saturated rings. The van der Waals surface area contributed by atoms with E-state index in [1.807, 2.05) is 0 Å². The van der Waals surface area contributed by atoms with Crippen molar-refractivity contribution < 1.29 is 13.6 Å². The summed E-state index contributed by atoms with van der Waals surface area (Å²) in [5.41, 5.74) is 0. The maximum atomic E-state index is 6.14. The zero-order valence-electron chi connectivity index (χ0n) is 14.1. The number of ether oxygens (including phenoxy) is 1. The smallest absolute Gasteiger partial charge is 0.184 e. The van der Waals surface area contributed by atoms with Crippen molar-refractivity contribution in [1.82, 2.24) is 0 Å². The third-order valence-corrected chi connectivity index (χ3v) is 4.46. The van der Waals surface area contributed by atoms with Crippen LogP contribution in [0.5, 0.6) is 0 Å². The lowest BCUT2D eigenvalue weighted by molar-refractivity contribution is 0.0192. The molecule has 0 rings (SSSR count). The van der Waals surface area contributed by atoms with Gasteiger partial charge in [0.2, 0.25) is 0 Å². The average Bonchev–Trinajstić information content (AvgIpc) is 2.27. The Balaban J connectivity index is 4.03. The summed E-state index contributed by atoms with van der Waals surface area (Å²) < 4.78 is 17.8. The first-order valence-electron chi connectivity index (χ1n) is 7.47. The van der Waals surface area contributed by atoms with Crippen molar-refractivity contribution in [3.05, 3.63) is 0 Å². The molecule has 20 heavy (non-hydrogen) atoms.